The number of aliphatic carboxylic acids is 1. The zero-order valence-electron chi connectivity index (χ0n) is 13.8. The van der Waals surface area contributed by atoms with Crippen LogP contribution < -0.4 is 11.3 Å². The van der Waals surface area contributed by atoms with Crippen molar-refractivity contribution in [2.24, 2.45) is 0 Å². The number of carboxylic acids is 1. The standard InChI is InChI=1S/C16H32O2.Al.H3N/c1-2-3-4-5-6-7-8-9-10-11-12-13-14-15-16(17)18;;/h2-15H2,1H3,(H,17,18);;1H3/q;+3;. The largest absolute Gasteiger partial charge is 3.00 e. The molecule has 0 aromatic heterocycles. The van der Waals surface area contributed by atoms with Crippen LogP contribution in [-0.4, -0.2) is 23.3 Å². The Bertz CT molecular complexity index is 189. The first kappa shape index (κ1) is 24.9. The third-order valence-corrected chi connectivity index (χ3v) is 3.48. The van der Waals surface area contributed by atoms with Crippen molar-refractivity contribution < 1.29 is 9.90 Å². The minimum Gasteiger partial charge on any atom is -0.550 e. The van der Waals surface area contributed by atoms with Gasteiger partial charge in [0.25, 0.3) is 0 Å². The topological polar surface area (TPSA) is 76.6 Å². The Morgan fingerprint density at radius 1 is 0.700 bits per heavy atom. The van der Waals surface area contributed by atoms with Gasteiger partial charge in [-0.05, 0) is 12.8 Å². The van der Waals surface area contributed by atoms with Crippen molar-refractivity contribution in [2.45, 2.75) is 96.8 Å². The molecule has 0 aromatic carbocycles. The Hall–Kier alpha value is -0.0375. The van der Waals surface area contributed by atoms with Gasteiger partial charge in [0.1, 0.15) is 0 Å². The molecular formula is C16H35AlNO2+3. The number of carbonyl (C=O) groups is 1. The molecular weight excluding hydrogens is 265 g/mol. The van der Waals surface area contributed by atoms with Crippen LogP contribution in [0.4, 0.5) is 0 Å². The number of rotatable bonds is 14. The van der Waals surface area contributed by atoms with Crippen LogP contribution >= 0.6 is 0 Å². The van der Waals surface area contributed by atoms with Crippen molar-refractivity contribution in [2.75, 3.05) is 0 Å². The zero-order chi connectivity index (χ0) is 13.5. The summed E-state index contributed by atoms with van der Waals surface area (Å²) in [6.07, 6.45) is 16.9. The molecule has 0 aromatic rings. The van der Waals surface area contributed by atoms with Crippen molar-refractivity contribution in [1.29, 1.82) is 0 Å². The fraction of sp³-hybridized carbons (Fsp3) is 0.938. The quantitative estimate of drug-likeness (QED) is 0.385. The molecule has 0 aliphatic carbocycles. The van der Waals surface area contributed by atoms with Crippen LogP contribution in [0.1, 0.15) is 96.8 Å². The number of carbonyl (C=O) groups excluding carboxylic acids is 1. The van der Waals surface area contributed by atoms with Crippen molar-refractivity contribution in [1.82, 2.24) is 6.15 Å². The summed E-state index contributed by atoms with van der Waals surface area (Å²) in [4.78, 5) is 10.2. The molecule has 0 aliphatic rings. The SMILES string of the molecule is CCCCCCCCCCCCCCCC(=O)[O-].[Al+3].[NH4+]. The van der Waals surface area contributed by atoms with Gasteiger partial charge in [0.05, 0.1) is 0 Å². The number of quaternary nitrogens is 1. The van der Waals surface area contributed by atoms with Crippen LogP contribution in [0, 0.1) is 0 Å². The first-order chi connectivity index (χ1) is 8.77. The smallest absolute Gasteiger partial charge is 0.550 e. The second kappa shape index (κ2) is 21.3. The van der Waals surface area contributed by atoms with Gasteiger partial charge >= 0.3 is 17.4 Å². The molecule has 0 aliphatic heterocycles. The van der Waals surface area contributed by atoms with Crippen LogP contribution in [0.25, 0.3) is 0 Å². The van der Waals surface area contributed by atoms with E-state index in [0.29, 0.717) is 0 Å². The fourth-order valence-corrected chi connectivity index (χ4v) is 2.29. The average Bonchev–Trinajstić information content (AvgIpc) is 2.34. The molecule has 0 bridgehead atoms. The second-order valence-electron chi connectivity index (χ2n) is 5.36. The normalized spacial score (nSPS) is 9.65. The van der Waals surface area contributed by atoms with Crippen molar-refractivity contribution in [3.63, 3.8) is 0 Å². The zero-order valence-corrected chi connectivity index (χ0v) is 14.9. The monoisotopic (exact) mass is 300 g/mol. The summed E-state index contributed by atoms with van der Waals surface area (Å²) < 4.78 is 0. The molecule has 0 heterocycles. The average molecular weight is 300 g/mol. The van der Waals surface area contributed by atoms with Crippen LogP contribution in [0.5, 0.6) is 0 Å². The fourth-order valence-electron chi connectivity index (χ4n) is 2.29. The van der Waals surface area contributed by atoms with Gasteiger partial charge in [-0.1, -0.05) is 84.0 Å². The first-order valence-corrected chi connectivity index (χ1v) is 7.97. The van der Waals surface area contributed by atoms with Gasteiger partial charge in [0.15, 0.2) is 0 Å². The molecule has 0 saturated carbocycles. The molecule has 4 heteroatoms. The molecule has 0 rings (SSSR count). The molecule has 0 radical (unpaired) electrons. The number of hydrogen-bond donors (Lipinski definition) is 1. The van der Waals surface area contributed by atoms with Gasteiger partial charge in [0.2, 0.25) is 0 Å². The van der Waals surface area contributed by atoms with E-state index in [-0.39, 0.29) is 29.9 Å². The summed E-state index contributed by atoms with van der Waals surface area (Å²) in [6, 6.07) is 0. The Morgan fingerprint density at radius 2 is 1.00 bits per heavy atom. The molecule has 0 spiro atoms. The molecule has 0 saturated heterocycles. The van der Waals surface area contributed by atoms with Crippen LogP contribution in [0.3, 0.4) is 0 Å². The van der Waals surface area contributed by atoms with Gasteiger partial charge in [-0.3, -0.25) is 0 Å². The Labute approximate surface area is 136 Å². The van der Waals surface area contributed by atoms with E-state index >= 15 is 0 Å². The summed E-state index contributed by atoms with van der Waals surface area (Å²) in [5, 5.41) is 10.2. The molecule has 20 heavy (non-hydrogen) atoms. The van der Waals surface area contributed by atoms with Gasteiger partial charge in [-0.25, -0.2) is 0 Å². The van der Waals surface area contributed by atoms with Crippen molar-refractivity contribution in [3.05, 3.63) is 0 Å². The minimum atomic E-state index is -0.905. The summed E-state index contributed by atoms with van der Waals surface area (Å²) >= 11 is 0. The summed E-state index contributed by atoms with van der Waals surface area (Å²) in [5.41, 5.74) is 0. The van der Waals surface area contributed by atoms with Gasteiger partial charge in [-0.15, -0.1) is 0 Å². The molecule has 3 nitrogen and oxygen atoms in total. The molecule has 4 N–H and O–H groups in total. The maximum atomic E-state index is 10.2. The van der Waals surface area contributed by atoms with E-state index in [1.165, 1.54) is 70.6 Å². The number of carboxylic acid groups (broad SMARTS) is 1. The number of unbranched alkanes of at least 4 members (excludes halogenated alkanes) is 12. The molecule has 116 valence electrons. The van der Waals surface area contributed by atoms with E-state index in [1.807, 2.05) is 0 Å². The maximum Gasteiger partial charge on any atom is 3.00 e. The predicted molar refractivity (Wildman–Crippen MR) is 87.1 cm³/mol. The Balaban J connectivity index is -0.00000144. The predicted octanol–water partition coefficient (Wildman–Crippen LogP) is 4.21. The van der Waals surface area contributed by atoms with Crippen LogP contribution in [0.15, 0.2) is 0 Å². The van der Waals surface area contributed by atoms with E-state index in [0.717, 1.165) is 12.8 Å². The van der Waals surface area contributed by atoms with Crippen molar-refractivity contribution in [3.8, 4) is 0 Å². The number of hydrogen-bond acceptors (Lipinski definition) is 2. The molecule has 0 fully saturated rings. The summed E-state index contributed by atoms with van der Waals surface area (Å²) in [5.74, 6) is -0.905. The van der Waals surface area contributed by atoms with Gasteiger partial charge in [-0.2, -0.15) is 0 Å². The Kier molecular flexibility index (Phi) is 26.5. The maximum absolute atomic E-state index is 10.2. The molecule has 0 unspecified atom stereocenters. The summed E-state index contributed by atoms with van der Waals surface area (Å²) in [7, 11) is 0. The van der Waals surface area contributed by atoms with E-state index < -0.39 is 5.97 Å². The minimum absolute atomic E-state index is 0. The first-order valence-electron chi connectivity index (χ1n) is 7.97. The molecule has 0 atom stereocenters. The third-order valence-electron chi connectivity index (χ3n) is 3.48. The van der Waals surface area contributed by atoms with Crippen LogP contribution in [0.2, 0.25) is 0 Å². The van der Waals surface area contributed by atoms with E-state index in [1.54, 1.807) is 0 Å². The third kappa shape index (κ3) is 23.1. The molecule has 0 amide bonds. The second-order valence-corrected chi connectivity index (χ2v) is 5.36. The van der Waals surface area contributed by atoms with Crippen molar-refractivity contribution >= 4 is 23.3 Å². The summed E-state index contributed by atoms with van der Waals surface area (Å²) in [6.45, 7) is 2.26. The van der Waals surface area contributed by atoms with E-state index in [9.17, 15) is 9.90 Å². The van der Waals surface area contributed by atoms with Crippen LogP contribution in [-0.2, 0) is 4.79 Å². The van der Waals surface area contributed by atoms with E-state index in [4.69, 9.17) is 0 Å². The van der Waals surface area contributed by atoms with E-state index in [2.05, 4.69) is 6.92 Å². The van der Waals surface area contributed by atoms with Gasteiger partial charge < -0.3 is 16.1 Å². The van der Waals surface area contributed by atoms with Gasteiger partial charge in [0, 0.05) is 5.97 Å². The Morgan fingerprint density at radius 3 is 1.30 bits per heavy atom.